The molecule has 0 aliphatic carbocycles. The van der Waals surface area contributed by atoms with E-state index in [1.165, 1.54) is 19.1 Å². The van der Waals surface area contributed by atoms with E-state index in [-0.39, 0.29) is 13.0 Å². The lowest BCUT2D eigenvalue weighted by molar-refractivity contribution is -0.145. The molecule has 0 spiro atoms. The van der Waals surface area contributed by atoms with Gasteiger partial charge in [-0.25, -0.2) is 9.59 Å². The molecule has 0 aromatic heterocycles. The van der Waals surface area contributed by atoms with Gasteiger partial charge in [0, 0.05) is 13.0 Å². The maximum absolute atomic E-state index is 13.0. The highest BCUT2D eigenvalue weighted by Crippen LogP contribution is 2.26. The molecule has 1 fully saturated rings. The summed E-state index contributed by atoms with van der Waals surface area (Å²) >= 11 is 6.18. The number of halogens is 1. The third-order valence-electron chi connectivity index (χ3n) is 5.45. The summed E-state index contributed by atoms with van der Waals surface area (Å²) in [6, 6.07) is 12.8. The highest BCUT2D eigenvalue weighted by atomic mass is 35.5. The number of nitrogens with zero attached hydrogens (tertiary/aromatic N) is 1. The van der Waals surface area contributed by atoms with E-state index in [9.17, 15) is 14.4 Å². The number of carbonyl (C=O) groups excluding carboxylic acids is 3. The summed E-state index contributed by atoms with van der Waals surface area (Å²) in [6.45, 7) is 0.524. The molecule has 1 aliphatic rings. The molecule has 2 aromatic carbocycles. The molecule has 8 nitrogen and oxygen atoms in total. The van der Waals surface area contributed by atoms with Crippen LogP contribution in [0, 0.1) is 0 Å². The lowest BCUT2D eigenvalue weighted by Gasteiger charge is -2.25. The van der Waals surface area contributed by atoms with Crippen molar-refractivity contribution in [2.45, 2.75) is 38.0 Å². The van der Waals surface area contributed by atoms with E-state index in [2.05, 4.69) is 5.32 Å². The third kappa shape index (κ3) is 6.38. The fraction of sp³-hybridized carbons (Fsp3) is 0.375. The van der Waals surface area contributed by atoms with E-state index < -0.39 is 30.1 Å². The minimum absolute atomic E-state index is 0.119. The first-order valence-corrected chi connectivity index (χ1v) is 11.0. The molecule has 0 bridgehead atoms. The number of hydrogen-bond donors (Lipinski definition) is 1. The average molecular weight is 475 g/mol. The van der Waals surface area contributed by atoms with Crippen LogP contribution in [-0.2, 0) is 32.1 Å². The fourth-order valence-corrected chi connectivity index (χ4v) is 4.02. The van der Waals surface area contributed by atoms with Gasteiger partial charge in [-0.3, -0.25) is 9.69 Å². The second-order valence-corrected chi connectivity index (χ2v) is 8.06. The van der Waals surface area contributed by atoms with Gasteiger partial charge in [-0.05, 0) is 36.1 Å². The molecule has 2 aromatic rings. The van der Waals surface area contributed by atoms with Crippen molar-refractivity contribution < 1.29 is 28.6 Å². The van der Waals surface area contributed by atoms with Crippen LogP contribution in [0.5, 0.6) is 5.75 Å². The molecule has 33 heavy (non-hydrogen) atoms. The Morgan fingerprint density at radius 3 is 2.55 bits per heavy atom. The number of rotatable bonds is 8. The lowest BCUT2D eigenvalue weighted by atomic mass is 10.0. The summed E-state index contributed by atoms with van der Waals surface area (Å²) in [6.07, 6.45) is 0.755. The van der Waals surface area contributed by atoms with Crippen molar-refractivity contribution in [1.82, 2.24) is 10.2 Å². The number of ether oxygens (including phenoxy) is 3. The molecule has 3 rings (SSSR count). The van der Waals surface area contributed by atoms with Crippen LogP contribution in [0.15, 0.2) is 48.5 Å². The number of carbonyl (C=O) groups is 3. The Bertz CT molecular complexity index is 984. The Kier molecular flexibility index (Phi) is 8.54. The highest BCUT2D eigenvalue weighted by Gasteiger charge is 2.37. The van der Waals surface area contributed by atoms with Crippen LogP contribution in [0.2, 0.25) is 5.02 Å². The smallest absolute Gasteiger partial charge is 0.410 e. The summed E-state index contributed by atoms with van der Waals surface area (Å²) in [4.78, 5) is 39.4. The predicted molar refractivity (Wildman–Crippen MR) is 122 cm³/mol. The number of esters is 1. The summed E-state index contributed by atoms with van der Waals surface area (Å²) in [5.41, 5.74) is 1.58. The zero-order valence-electron chi connectivity index (χ0n) is 18.6. The fourth-order valence-electron chi connectivity index (χ4n) is 3.74. The SMILES string of the molecule is COC(=O)[C@@H](Cc1ccc(OC)c(Cl)c1)NC(=O)[C@H]1CCCN1C(=O)OCc1ccccc1. The van der Waals surface area contributed by atoms with Crippen molar-refractivity contribution in [2.75, 3.05) is 20.8 Å². The van der Waals surface area contributed by atoms with Gasteiger partial charge in [0.05, 0.1) is 19.2 Å². The van der Waals surface area contributed by atoms with Crippen molar-refractivity contribution in [1.29, 1.82) is 0 Å². The number of nitrogens with one attached hydrogen (secondary N) is 1. The summed E-state index contributed by atoms with van der Waals surface area (Å²) in [5.74, 6) is -0.514. The van der Waals surface area contributed by atoms with Crippen molar-refractivity contribution in [3.05, 3.63) is 64.7 Å². The molecule has 0 radical (unpaired) electrons. The maximum atomic E-state index is 13.0. The van der Waals surface area contributed by atoms with Crippen LogP contribution in [-0.4, -0.2) is 55.7 Å². The number of methoxy groups -OCH3 is 2. The van der Waals surface area contributed by atoms with Crippen molar-refractivity contribution in [2.24, 2.45) is 0 Å². The van der Waals surface area contributed by atoms with E-state index in [4.69, 9.17) is 25.8 Å². The van der Waals surface area contributed by atoms with E-state index in [1.54, 1.807) is 18.2 Å². The minimum Gasteiger partial charge on any atom is -0.495 e. The van der Waals surface area contributed by atoms with Gasteiger partial charge in [0.15, 0.2) is 0 Å². The number of benzene rings is 2. The predicted octanol–water partition coefficient (Wildman–Crippen LogP) is 3.35. The molecule has 2 amide bonds. The second kappa shape index (κ2) is 11.6. The van der Waals surface area contributed by atoms with Crippen LogP contribution in [0.3, 0.4) is 0 Å². The van der Waals surface area contributed by atoms with Gasteiger partial charge < -0.3 is 19.5 Å². The minimum atomic E-state index is -0.935. The van der Waals surface area contributed by atoms with Crippen molar-refractivity contribution in [3.8, 4) is 5.75 Å². The largest absolute Gasteiger partial charge is 0.495 e. The number of likely N-dealkylation sites (tertiary alicyclic amines) is 1. The van der Waals surface area contributed by atoms with Crippen LogP contribution in [0.25, 0.3) is 0 Å². The van der Waals surface area contributed by atoms with Crippen LogP contribution in [0.1, 0.15) is 24.0 Å². The van der Waals surface area contributed by atoms with E-state index in [0.717, 1.165) is 11.1 Å². The van der Waals surface area contributed by atoms with Gasteiger partial charge >= 0.3 is 12.1 Å². The van der Waals surface area contributed by atoms with Gasteiger partial charge in [0.2, 0.25) is 5.91 Å². The Morgan fingerprint density at radius 1 is 1.12 bits per heavy atom. The highest BCUT2D eigenvalue weighted by molar-refractivity contribution is 6.32. The van der Waals surface area contributed by atoms with Gasteiger partial charge in [-0.2, -0.15) is 0 Å². The van der Waals surface area contributed by atoms with Gasteiger partial charge in [-0.15, -0.1) is 0 Å². The topological polar surface area (TPSA) is 94.2 Å². The average Bonchev–Trinajstić information content (AvgIpc) is 3.32. The Morgan fingerprint density at radius 2 is 1.88 bits per heavy atom. The first-order chi connectivity index (χ1) is 15.9. The van der Waals surface area contributed by atoms with Crippen molar-refractivity contribution >= 4 is 29.6 Å². The van der Waals surface area contributed by atoms with Crippen molar-refractivity contribution in [3.63, 3.8) is 0 Å². The normalized spacial score (nSPS) is 16.1. The first kappa shape index (κ1) is 24.4. The summed E-state index contributed by atoms with van der Waals surface area (Å²) in [5, 5.41) is 3.12. The molecule has 1 saturated heterocycles. The molecule has 1 N–H and O–H groups in total. The van der Waals surface area contributed by atoms with E-state index in [1.807, 2.05) is 30.3 Å². The summed E-state index contributed by atoms with van der Waals surface area (Å²) < 4.78 is 15.4. The standard InChI is InChI=1S/C24H27ClN2O6/c1-31-21-11-10-17(13-18(21)25)14-19(23(29)32-2)26-22(28)20-9-6-12-27(20)24(30)33-15-16-7-4-3-5-8-16/h3-5,7-8,10-11,13,19-20H,6,9,12,14-15H2,1-2H3,(H,26,28)/t19-,20-/m1/s1. The van der Waals surface area contributed by atoms with Crippen LogP contribution in [0.4, 0.5) is 4.79 Å². The number of hydrogen-bond acceptors (Lipinski definition) is 6. The Balaban J connectivity index is 1.64. The molecule has 1 aliphatic heterocycles. The monoisotopic (exact) mass is 474 g/mol. The first-order valence-electron chi connectivity index (χ1n) is 10.6. The van der Waals surface area contributed by atoms with Gasteiger partial charge in [0.1, 0.15) is 24.4 Å². The van der Waals surface area contributed by atoms with E-state index >= 15 is 0 Å². The molecule has 9 heteroatoms. The molecule has 1 heterocycles. The van der Waals surface area contributed by atoms with E-state index in [0.29, 0.717) is 30.2 Å². The van der Waals surface area contributed by atoms with Crippen LogP contribution < -0.4 is 10.1 Å². The third-order valence-corrected chi connectivity index (χ3v) is 5.75. The maximum Gasteiger partial charge on any atom is 0.410 e. The molecular formula is C24H27ClN2O6. The molecule has 0 saturated carbocycles. The molecule has 2 atom stereocenters. The summed E-state index contributed by atoms with van der Waals surface area (Å²) in [7, 11) is 2.77. The quantitative estimate of drug-likeness (QED) is 0.590. The van der Waals surface area contributed by atoms with Gasteiger partial charge in [0.25, 0.3) is 0 Å². The Labute approximate surface area is 197 Å². The number of amides is 2. The van der Waals surface area contributed by atoms with Crippen LogP contribution >= 0.6 is 11.6 Å². The molecule has 0 unspecified atom stereocenters. The Hall–Kier alpha value is -3.26. The molecular weight excluding hydrogens is 448 g/mol. The lowest BCUT2D eigenvalue weighted by Crippen LogP contribution is -2.51. The zero-order valence-corrected chi connectivity index (χ0v) is 19.3. The molecule has 176 valence electrons. The second-order valence-electron chi connectivity index (χ2n) is 7.65. The van der Waals surface area contributed by atoms with Gasteiger partial charge in [-0.1, -0.05) is 48.0 Å². The zero-order chi connectivity index (χ0) is 23.8.